The fourth-order valence-electron chi connectivity index (χ4n) is 1.23. The summed E-state index contributed by atoms with van der Waals surface area (Å²) in [5, 5.41) is 16.7. The van der Waals surface area contributed by atoms with Gasteiger partial charge in [-0.3, -0.25) is 0 Å². The fraction of sp³-hybridized carbons (Fsp3) is 0.200. The molecule has 0 amide bonds. The molecule has 0 aliphatic carbocycles. The van der Waals surface area contributed by atoms with Crippen LogP contribution < -0.4 is 0 Å². The Morgan fingerprint density at radius 2 is 2.00 bits per heavy atom. The normalized spacial score (nSPS) is 10.4. The molecule has 1 heterocycles. The van der Waals surface area contributed by atoms with Crippen LogP contribution in [0.4, 0.5) is 0 Å². The van der Waals surface area contributed by atoms with E-state index in [1.54, 1.807) is 4.68 Å². The van der Waals surface area contributed by atoms with Gasteiger partial charge in [-0.05, 0) is 24.6 Å². The van der Waals surface area contributed by atoms with E-state index in [0.29, 0.717) is 0 Å². The Labute approximate surface area is 81.8 Å². The lowest BCUT2D eigenvalue weighted by molar-refractivity contribution is 0.282. The molecular weight excluding hydrogens is 178 g/mol. The highest BCUT2D eigenvalue weighted by atomic mass is 16.3. The predicted molar refractivity (Wildman–Crippen MR) is 52.0 cm³/mol. The standard InChI is InChI=1S/C10H11N3O/c1-8-6-13(12-11-8)10-4-2-9(7-14)3-5-10/h2-6,14H,7H2,1H3. The van der Waals surface area contributed by atoms with Crippen LogP contribution in [0.15, 0.2) is 30.5 Å². The van der Waals surface area contributed by atoms with Crippen molar-refractivity contribution in [2.75, 3.05) is 0 Å². The van der Waals surface area contributed by atoms with Crippen molar-refractivity contribution in [3.05, 3.63) is 41.7 Å². The van der Waals surface area contributed by atoms with Gasteiger partial charge in [-0.25, -0.2) is 4.68 Å². The largest absolute Gasteiger partial charge is 0.392 e. The number of nitrogens with zero attached hydrogens (tertiary/aromatic N) is 3. The first kappa shape index (κ1) is 8.90. The Morgan fingerprint density at radius 3 is 2.50 bits per heavy atom. The van der Waals surface area contributed by atoms with Crippen molar-refractivity contribution in [1.29, 1.82) is 0 Å². The Hall–Kier alpha value is -1.68. The zero-order valence-corrected chi connectivity index (χ0v) is 7.88. The average Bonchev–Trinajstić information content (AvgIpc) is 2.65. The van der Waals surface area contributed by atoms with Crippen LogP contribution in [0.5, 0.6) is 0 Å². The molecule has 14 heavy (non-hydrogen) atoms. The van der Waals surface area contributed by atoms with Gasteiger partial charge in [0.1, 0.15) is 0 Å². The number of aliphatic hydroxyl groups excluding tert-OH is 1. The Morgan fingerprint density at radius 1 is 1.29 bits per heavy atom. The average molecular weight is 189 g/mol. The van der Waals surface area contributed by atoms with Crippen LogP contribution in [0, 0.1) is 6.92 Å². The maximum absolute atomic E-state index is 8.87. The number of benzene rings is 1. The summed E-state index contributed by atoms with van der Waals surface area (Å²) >= 11 is 0. The summed E-state index contributed by atoms with van der Waals surface area (Å²) in [6, 6.07) is 7.54. The minimum absolute atomic E-state index is 0.0661. The number of aryl methyl sites for hydroxylation is 1. The Balaban J connectivity index is 2.33. The maximum atomic E-state index is 8.87. The third-order valence-electron chi connectivity index (χ3n) is 1.99. The third-order valence-corrected chi connectivity index (χ3v) is 1.99. The molecule has 0 atom stereocenters. The van der Waals surface area contributed by atoms with E-state index in [-0.39, 0.29) is 6.61 Å². The number of rotatable bonds is 2. The van der Waals surface area contributed by atoms with Crippen molar-refractivity contribution >= 4 is 0 Å². The van der Waals surface area contributed by atoms with Crippen molar-refractivity contribution < 1.29 is 5.11 Å². The van der Waals surface area contributed by atoms with Crippen molar-refractivity contribution in [2.45, 2.75) is 13.5 Å². The summed E-state index contributed by atoms with van der Waals surface area (Å²) in [7, 11) is 0. The van der Waals surface area contributed by atoms with Gasteiger partial charge in [0, 0.05) is 0 Å². The maximum Gasteiger partial charge on any atom is 0.0800 e. The van der Waals surface area contributed by atoms with E-state index in [1.165, 1.54) is 0 Å². The molecule has 0 saturated carbocycles. The molecule has 0 bridgehead atoms. The molecule has 0 aliphatic heterocycles. The second-order valence-electron chi connectivity index (χ2n) is 3.13. The molecule has 2 rings (SSSR count). The molecule has 1 aromatic heterocycles. The van der Waals surface area contributed by atoms with Gasteiger partial charge in [0.15, 0.2) is 0 Å². The van der Waals surface area contributed by atoms with Gasteiger partial charge in [0.25, 0.3) is 0 Å². The van der Waals surface area contributed by atoms with Gasteiger partial charge in [-0.2, -0.15) is 0 Å². The molecule has 0 saturated heterocycles. The van der Waals surface area contributed by atoms with Gasteiger partial charge < -0.3 is 5.11 Å². The van der Waals surface area contributed by atoms with Gasteiger partial charge in [-0.15, -0.1) is 5.10 Å². The highest BCUT2D eigenvalue weighted by Crippen LogP contribution is 2.08. The summed E-state index contributed by atoms with van der Waals surface area (Å²) < 4.78 is 1.70. The molecule has 0 unspecified atom stereocenters. The molecular formula is C10H11N3O. The van der Waals surface area contributed by atoms with Gasteiger partial charge in [-0.1, -0.05) is 17.3 Å². The highest BCUT2D eigenvalue weighted by molar-refractivity contribution is 5.33. The highest BCUT2D eigenvalue weighted by Gasteiger charge is 1.98. The molecule has 0 spiro atoms. The van der Waals surface area contributed by atoms with E-state index in [0.717, 1.165) is 16.9 Å². The number of aliphatic hydroxyl groups is 1. The molecule has 2 aromatic rings. The quantitative estimate of drug-likeness (QED) is 0.768. The lowest BCUT2D eigenvalue weighted by Gasteiger charge is -2.00. The topological polar surface area (TPSA) is 50.9 Å². The molecule has 1 N–H and O–H groups in total. The zero-order valence-electron chi connectivity index (χ0n) is 7.88. The van der Waals surface area contributed by atoms with Crippen LogP contribution in [0.25, 0.3) is 5.69 Å². The predicted octanol–water partition coefficient (Wildman–Crippen LogP) is 1.07. The van der Waals surface area contributed by atoms with Crippen molar-refractivity contribution in [3.63, 3.8) is 0 Å². The second kappa shape index (κ2) is 3.59. The second-order valence-corrected chi connectivity index (χ2v) is 3.13. The lowest BCUT2D eigenvalue weighted by atomic mass is 10.2. The van der Waals surface area contributed by atoms with Crippen LogP contribution in [-0.4, -0.2) is 20.1 Å². The molecule has 72 valence electrons. The first-order valence-electron chi connectivity index (χ1n) is 4.39. The van der Waals surface area contributed by atoms with Crippen LogP contribution in [0.2, 0.25) is 0 Å². The number of hydrogen-bond acceptors (Lipinski definition) is 3. The smallest absolute Gasteiger partial charge is 0.0800 e. The van der Waals surface area contributed by atoms with E-state index in [2.05, 4.69) is 10.3 Å². The van der Waals surface area contributed by atoms with E-state index < -0.39 is 0 Å². The first-order valence-corrected chi connectivity index (χ1v) is 4.39. The van der Waals surface area contributed by atoms with Crippen molar-refractivity contribution in [2.24, 2.45) is 0 Å². The van der Waals surface area contributed by atoms with Crippen LogP contribution >= 0.6 is 0 Å². The monoisotopic (exact) mass is 189 g/mol. The van der Waals surface area contributed by atoms with Gasteiger partial charge in [0.05, 0.1) is 24.2 Å². The molecule has 4 nitrogen and oxygen atoms in total. The Kier molecular flexibility index (Phi) is 2.28. The summed E-state index contributed by atoms with van der Waals surface area (Å²) in [6.07, 6.45) is 1.86. The summed E-state index contributed by atoms with van der Waals surface area (Å²) in [4.78, 5) is 0. The first-order chi connectivity index (χ1) is 6.79. The van der Waals surface area contributed by atoms with E-state index >= 15 is 0 Å². The zero-order chi connectivity index (χ0) is 9.97. The van der Waals surface area contributed by atoms with Crippen molar-refractivity contribution in [1.82, 2.24) is 15.0 Å². The minimum atomic E-state index is 0.0661. The fourth-order valence-corrected chi connectivity index (χ4v) is 1.23. The van der Waals surface area contributed by atoms with E-state index in [4.69, 9.17) is 5.11 Å². The number of aromatic nitrogens is 3. The van der Waals surface area contributed by atoms with Crippen LogP contribution in [0.3, 0.4) is 0 Å². The summed E-state index contributed by atoms with van der Waals surface area (Å²) in [6.45, 7) is 1.96. The lowest BCUT2D eigenvalue weighted by Crippen LogP contribution is -1.95. The molecule has 0 aliphatic rings. The van der Waals surface area contributed by atoms with Gasteiger partial charge in [0.2, 0.25) is 0 Å². The van der Waals surface area contributed by atoms with Gasteiger partial charge >= 0.3 is 0 Å². The van der Waals surface area contributed by atoms with Crippen molar-refractivity contribution in [3.8, 4) is 5.69 Å². The third kappa shape index (κ3) is 1.65. The molecule has 1 aromatic carbocycles. The summed E-state index contributed by atoms with van der Waals surface area (Å²) in [5.41, 5.74) is 2.73. The minimum Gasteiger partial charge on any atom is -0.392 e. The van der Waals surface area contributed by atoms with Crippen LogP contribution in [0.1, 0.15) is 11.3 Å². The molecule has 0 radical (unpaired) electrons. The summed E-state index contributed by atoms with van der Waals surface area (Å²) in [5.74, 6) is 0. The Bertz CT molecular complexity index is 419. The van der Waals surface area contributed by atoms with E-state index in [9.17, 15) is 0 Å². The molecule has 0 fully saturated rings. The number of hydrogen-bond donors (Lipinski definition) is 1. The van der Waals surface area contributed by atoms with E-state index in [1.807, 2.05) is 37.4 Å². The van der Waals surface area contributed by atoms with Crippen LogP contribution in [-0.2, 0) is 6.61 Å². The SMILES string of the molecule is Cc1cn(-c2ccc(CO)cc2)nn1. The molecule has 4 heteroatoms.